The van der Waals surface area contributed by atoms with Crippen LogP contribution >= 0.6 is 38.5 Å². The van der Waals surface area contributed by atoms with Gasteiger partial charge in [0.25, 0.3) is 0 Å². The molecule has 0 spiro atoms. The van der Waals surface area contributed by atoms with E-state index >= 15 is 0 Å². The SMILES string of the molecule is Fc1c(F)c(Br)c(F)c(I)c1F. The molecular formula is C6BrF4I. The summed E-state index contributed by atoms with van der Waals surface area (Å²) in [7, 11) is 0. The molecule has 0 bridgehead atoms. The Balaban J connectivity index is 3.60. The van der Waals surface area contributed by atoms with Gasteiger partial charge >= 0.3 is 0 Å². The van der Waals surface area contributed by atoms with E-state index in [0.29, 0.717) is 0 Å². The van der Waals surface area contributed by atoms with E-state index in [2.05, 4.69) is 15.9 Å². The van der Waals surface area contributed by atoms with Crippen molar-refractivity contribution in [2.45, 2.75) is 0 Å². The molecule has 0 aliphatic rings. The number of halogens is 6. The third kappa shape index (κ3) is 1.46. The maximum absolute atomic E-state index is 12.7. The predicted octanol–water partition coefficient (Wildman–Crippen LogP) is 3.61. The van der Waals surface area contributed by atoms with Crippen LogP contribution in [0.3, 0.4) is 0 Å². The minimum Gasteiger partial charge on any atom is -0.204 e. The van der Waals surface area contributed by atoms with Crippen molar-refractivity contribution < 1.29 is 17.6 Å². The standard InChI is InChI=1S/C6BrF4I/c7-1-2(8)4(10)5(11)6(12)3(1)9. The fourth-order valence-electron chi connectivity index (χ4n) is 0.578. The van der Waals surface area contributed by atoms with Crippen LogP contribution in [0.25, 0.3) is 0 Å². The molecule has 0 heterocycles. The molecule has 0 fully saturated rings. The molecule has 0 aromatic heterocycles. The zero-order valence-electron chi connectivity index (χ0n) is 5.27. The van der Waals surface area contributed by atoms with Gasteiger partial charge in [0.1, 0.15) is 0 Å². The summed E-state index contributed by atoms with van der Waals surface area (Å²) in [5, 5.41) is 0. The van der Waals surface area contributed by atoms with Crippen LogP contribution in [-0.2, 0) is 0 Å². The van der Waals surface area contributed by atoms with Crippen molar-refractivity contribution in [3.8, 4) is 0 Å². The zero-order valence-corrected chi connectivity index (χ0v) is 9.01. The molecule has 66 valence electrons. The summed E-state index contributed by atoms with van der Waals surface area (Å²) in [6.07, 6.45) is 0. The summed E-state index contributed by atoms with van der Waals surface area (Å²) in [5.41, 5.74) is 0. The molecule has 1 rings (SSSR count). The summed E-state index contributed by atoms with van der Waals surface area (Å²) in [6.45, 7) is 0. The maximum Gasteiger partial charge on any atom is 0.196 e. The van der Waals surface area contributed by atoms with Crippen LogP contribution in [0.4, 0.5) is 17.6 Å². The van der Waals surface area contributed by atoms with Gasteiger partial charge in [-0.05, 0) is 38.5 Å². The Hall–Kier alpha value is 0.150. The highest BCUT2D eigenvalue weighted by molar-refractivity contribution is 14.1. The minimum atomic E-state index is -1.67. The molecule has 0 amide bonds. The lowest BCUT2D eigenvalue weighted by molar-refractivity contribution is 0.424. The fraction of sp³-hybridized carbons (Fsp3) is 0. The van der Waals surface area contributed by atoms with E-state index in [0.717, 1.165) is 0 Å². The smallest absolute Gasteiger partial charge is 0.196 e. The van der Waals surface area contributed by atoms with Gasteiger partial charge in [-0.2, -0.15) is 0 Å². The first kappa shape index (κ1) is 10.2. The summed E-state index contributed by atoms with van der Waals surface area (Å²) in [4.78, 5) is 0. The molecule has 12 heavy (non-hydrogen) atoms. The van der Waals surface area contributed by atoms with Gasteiger partial charge in [-0.3, -0.25) is 0 Å². The van der Waals surface area contributed by atoms with Crippen LogP contribution in [0.5, 0.6) is 0 Å². The second-order valence-corrected chi connectivity index (χ2v) is 3.76. The fourth-order valence-corrected chi connectivity index (χ4v) is 1.83. The Bertz CT molecular complexity index is 234. The number of hydrogen-bond acceptors (Lipinski definition) is 0. The lowest BCUT2D eigenvalue weighted by Gasteiger charge is -2.02. The molecule has 0 aliphatic carbocycles. The van der Waals surface area contributed by atoms with Crippen molar-refractivity contribution in [2.24, 2.45) is 0 Å². The van der Waals surface area contributed by atoms with Gasteiger partial charge in [-0.25, -0.2) is 17.6 Å². The first-order valence-electron chi connectivity index (χ1n) is 2.63. The van der Waals surface area contributed by atoms with Crippen LogP contribution in [-0.4, -0.2) is 0 Å². The van der Waals surface area contributed by atoms with Crippen molar-refractivity contribution in [1.82, 2.24) is 0 Å². The Kier molecular flexibility index (Phi) is 2.97. The van der Waals surface area contributed by atoms with E-state index in [1.807, 2.05) is 0 Å². The number of benzene rings is 1. The normalized spacial score (nSPS) is 10.5. The average Bonchev–Trinajstić information content (AvgIpc) is 2.08. The number of rotatable bonds is 0. The van der Waals surface area contributed by atoms with Gasteiger partial charge in [-0.1, -0.05) is 0 Å². The van der Waals surface area contributed by atoms with Gasteiger partial charge in [-0.15, -0.1) is 0 Å². The van der Waals surface area contributed by atoms with Crippen molar-refractivity contribution in [3.05, 3.63) is 31.3 Å². The van der Waals surface area contributed by atoms with E-state index < -0.39 is 31.3 Å². The summed E-state index contributed by atoms with van der Waals surface area (Å²) in [6, 6.07) is 0. The lowest BCUT2D eigenvalue weighted by Crippen LogP contribution is -2.00. The maximum atomic E-state index is 12.7. The van der Waals surface area contributed by atoms with Crippen molar-refractivity contribution in [1.29, 1.82) is 0 Å². The van der Waals surface area contributed by atoms with E-state index in [9.17, 15) is 17.6 Å². The average molecular weight is 355 g/mol. The van der Waals surface area contributed by atoms with Gasteiger partial charge in [0.2, 0.25) is 0 Å². The topological polar surface area (TPSA) is 0 Å². The van der Waals surface area contributed by atoms with E-state index in [1.54, 1.807) is 0 Å². The monoisotopic (exact) mass is 354 g/mol. The van der Waals surface area contributed by atoms with Gasteiger partial charge in [0, 0.05) is 0 Å². The summed E-state index contributed by atoms with van der Waals surface area (Å²) in [5.74, 6) is -5.86. The van der Waals surface area contributed by atoms with Crippen LogP contribution in [0, 0.1) is 26.8 Å². The molecule has 0 saturated carbocycles. The van der Waals surface area contributed by atoms with E-state index in [4.69, 9.17) is 0 Å². The molecule has 0 aliphatic heterocycles. The number of hydrogen-bond donors (Lipinski definition) is 0. The van der Waals surface area contributed by atoms with Crippen molar-refractivity contribution in [3.63, 3.8) is 0 Å². The highest BCUT2D eigenvalue weighted by atomic mass is 127. The molecule has 0 saturated heterocycles. The predicted molar refractivity (Wildman–Crippen MR) is 46.7 cm³/mol. The molecule has 0 radical (unpaired) electrons. The first-order valence-corrected chi connectivity index (χ1v) is 4.51. The Morgan fingerprint density at radius 3 is 1.83 bits per heavy atom. The van der Waals surface area contributed by atoms with E-state index in [1.165, 1.54) is 22.6 Å². The van der Waals surface area contributed by atoms with Crippen LogP contribution < -0.4 is 0 Å². The molecule has 6 heteroatoms. The molecule has 0 nitrogen and oxygen atoms in total. The molecule has 1 aromatic rings. The summed E-state index contributed by atoms with van der Waals surface area (Å²) < 4.78 is 49.0. The Labute approximate surface area is 87.2 Å². The first-order chi connectivity index (χ1) is 5.46. The third-order valence-corrected chi connectivity index (χ3v) is 2.80. The van der Waals surface area contributed by atoms with Gasteiger partial charge in [0.05, 0.1) is 8.04 Å². The molecule has 0 unspecified atom stereocenters. The third-order valence-electron chi connectivity index (χ3n) is 1.16. The molecule has 0 atom stereocenters. The van der Waals surface area contributed by atoms with Gasteiger partial charge < -0.3 is 0 Å². The largest absolute Gasteiger partial charge is 0.204 e. The highest BCUT2D eigenvalue weighted by Gasteiger charge is 2.21. The molecule has 1 aromatic carbocycles. The van der Waals surface area contributed by atoms with E-state index in [-0.39, 0.29) is 0 Å². The second kappa shape index (κ2) is 3.49. The minimum absolute atomic E-state index is 0.571. The zero-order chi connectivity index (χ0) is 9.46. The highest BCUT2D eigenvalue weighted by Crippen LogP contribution is 2.28. The van der Waals surface area contributed by atoms with Crippen molar-refractivity contribution >= 4 is 38.5 Å². The van der Waals surface area contributed by atoms with Gasteiger partial charge in [0.15, 0.2) is 23.3 Å². The van der Waals surface area contributed by atoms with Crippen LogP contribution in [0.1, 0.15) is 0 Å². The Morgan fingerprint density at radius 2 is 1.33 bits per heavy atom. The summed E-state index contributed by atoms with van der Waals surface area (Å²) >= 11 is 3.70. The molecular weight excluding hydrogens is 355 g/mol. The lowest BCUT2D eigenvalue weighted by atomic mass is 10.3. The van der Waals surface area contributed by atoms with Crippen molar-refractivity contribution in [2.75, 3.05) is 0 Å². The second-order valence-electron chi connectivity index (χ2n) is 1.88. The van der Waals surface area contributed by atoms with Crippen LogP contribution in [0.2, 0.25) is 0 Å². The van der Waals surface area contributed by atoms with Crippen LogP contribution in [0.15, 0.2) is 4.47 Å². The Morgan fingerprint density at radius 1 is 0.833 bits per heavy atom. The molecule has 0 N–H and O–H groups in total. The quantitative estimate of drug-likeness (QED) is 0.289.